The lowest BCUT2D eigenvalue weighted by Crippen LogP contribution is -2.52. The van der Waals surface area contributed by atoms with E-state index in [1.807, 2.05) is 0 Å². The molecule has 1 aliphatic heterocycles. The molecule has 3 nitrogen and oxygen atoms in total. The van der Waals surface area contributed by atoms with Gasteiger partial charge in [-0.05, 0) is 25.7 Å². The minimum Gasteiger partial charge on any atom is -0.390 e. The van der Waals surface area contributed by atoms with Gasteiger partial charge in [-0.2, -0.15) is 0 Å². The molecule has 1 saturated heterocycles. The van der Waals surface area contributed by atoms with E-state index in [2.05, 4.69) is 22.2 Å². The van der Waals surface area contributed by atoms with Crippen LogP contribution in [0.25, 0.3) is 0 Å². The molecule has 0 amide bonds. The summed E-state index contributed by atoms with van der Waals surface area (Å²) in [6.07, 6.45) is 6.69. The lowest BCUT2D eigenvalue weighted by atomic mass is 9.71. The van der Waals surface area contributed by atoms with Crippen molar-refractivity contribution in [2.24, 2.45) is 5.92 Å². The lowest BCUT2D eigenvalue weighted by molar-refractivity contribution is -0.0969. The van der Waals surface area contributed by atoms with Crippen molar-refractivity contribution in [3.63, 3.8) is 0 Å². The fraction of sp³-hybridized carbons (Fsp3) is 0.800. The number of aromatic nitrogens is 1. The first-order chi connectivity index (χ1) is 9.19. The minimum absolute atomic E-state index is 0.356. The molecule has 2 unspecified atom stereocenters. The van der Waals surface area contributed by atoms with Crippen molar-refractivity contribution in [1.29, 1.82) is 0 Å². The third-order valence-electron chi connectivity index (χ3n) is 4.80. The Labute approximate surface area is 119 Å². The number of hydrogen-bond donors (Lipinski definition) is 1. The SMILES string of the molecule is CCc1nc(CN2CCC3(O)CCCCC3C2)cs1. The predicted molar refractivity (Wildman–Crippen MR) is 78.3 cm³/mol. The summed E-state index contributed by atoms with van der Waals surface area (Å²) < 4.78 is 0. The number of fused-ring (bicyclic) bond motifs is 1. The van der Waals surface area contributed by atoms with Crippen molar-refractivity contribution in [2.75, 3.05) is 13.1 Å². The second-order valence-corrected chi connectivity index (χ2v) is 7.06. The van der Waals surface area contributed by atoms with E-state index in [4.69, 9.17) is 0 Å². The molecule has 1 aromatic rings. The third kappa shape index (κ3) is 2.86. The van der Waals surface area contributed by atoms with Gasteiger partial charge in [-0.1, -0.05) is 19.8 Å². The Kier molecular flexibility index (Phi) is 3.92. The first kappa shape index (κ1) is 13.5. The van der Waals surface area contributed by atoms with Crippen LogP contribution in [0.3, 0.4) is 0 Å². The molecule has 1 aromatic heterocycles. The topological polar surface area (TPSA) is 36.4 Å². The van der Waals surface area contributed by atoms with Crippen molar-refractivity contribution < 1.29 is 5.11 Å². The predicted octanol–water partition coefficient (Wildman–Crippen LogP) is 2.83. The summed E-state index contributed by atoms with van der Waals surface area (Å²) in [5, 5.41) is 14.1. The van der Waals surface area contributed by atoms with Gasteiger partial charge in [0.25, 0.3) is 0 Å². The average molecular weight is 280 g/mol. The van der Waals surface area contributed by atoms with Crippen molar-refractivity contribution in [1.82, 2.24) is 9.88 Å². The zero-order valence-electron chi connectivity index (χ0n) is 11.8. The van der Waals surface area contributed by atoms with E-state index < -0.39 is 0 Å². The van der Waals surface area contributed by atoms with E-state index in [0.717, 1.165) is 38.9 Å². The highest BCUT2D eigenvalue weighted by Gasteiger charge is 2.42. The molecule has 0 aromatic carbocycles. The molecule has 4 heteroatoms. The first-order valence-electron chi connectivity index (χ1n) is 7.57. The molecule has 2 fully saturated rings. The van der Waals surface area contributed by atoms with Gasteiger partial charge in [0.2, 0.25) is 0 Å². The Hall–Kier alpha value is -0.450. The van der Waals surface area contributed by atoms with Crippen LogP contribution in [-0.4, -0.2) is 33.7 Å². The van der Waals surface area contributed by atoms with Crippen LogP contribution >= 0.6 is 11.3 Å². The molecule has 0 bridgehead atoms. The number of aliphatic hydroxyl groups is 1. The fourth-order valence-corrected chi connectivity index (χ4v) is 4.33. The second-order valence-electron chi connectivity index (χ2n) is 6.12. The van der Waals surface area contributed by atoms with Crippen LogP contribution in [0.5, 0.6) is 0 Å². The molecule has 106 valence electrons. The van der Waals surface area contributed by atoms with E-state index in [1.54, 1.807) is 11.3 Å². The number of hydrogen-bond acceptors (Lipinski definition) is 4. The van der Waals surface area contributed by atoms with Crippen LogP contribution in [0.2, 0.25) is 0 Å². The molecule has 2 atom stereocenters. The Morgan fingerprint density at radius 2 is 2.37 bits per heavy atom. The summed E-state index contributed by atoms with van der Waals surface area (Å²) in [5.41, 5.74) is 0.855. The van der Waals surface area contributed by atoms with Gasteiger partial charge in [-0.25, -0.2) is 4.98 Å². The maximum absolute atomic E-state index is 10.7. The minimum atomic E-state index is -0.356. The third-order valence-corrected chi connectivity index (χ3v) is 5.84. The van der Waals surface area contributed by atoms with Crippen LogP contribution in [0.15, 0.2) is 5.38 Å². The van der Waals surface area contributed by atoms with Crippen LogP contribution in [0.1, 0.15) is 49.7 Å². The summed E-state index contributed by atoms with van der Waals surface area (Å²) in [7, 11) is 0. The van der Waals surface area contributed by atoms with Crippen LogP contribution in [-0.2, 0) is 13.0 Å². The van der Waals surface area contributed by atoms with Crippen molar-refractivity contribution in [2.45, 2.75) is 57.6 Å². The Balaban J connectivity index is 1.61. The second kappa shape index (κ2) is 5.51. The number of nitrogens with zero attached hydrogens (tertiary/aromatic N) is 2. The molecule has 2 aliphatic rings. The summed E-state index contributed by atoms with van der Waals surface area (Å²) in [6, 6.07) is 0. The highest BCUT2D eigenvalue weighted by molar-refractivity contribution is 7.09. The van der Waals surface area contributed by atoms with E-state index in [9.17, 15) is 5.11 Å². The number of thiazole rings is 1. The van der Waals surface area contributed by atoms with Gasteiger partial charge in [-0.3, -0.25) is 4.90 Å². The Morgan fingerprint density at radius 1 is 1.47 bits per heavy atom. The van der Waals surface area contributed by atoms with Gasteiger partial charge in [0, 0.05) is 30.9 Å². The van der Waals surface area contributed by atoms with Gasteiger partial charge in [0.1, 0.15) is 0 Å². The van der Waals surface area contributed by atoms with Crippen molar-refractivity contribution in [3.8, 4) is 0 Å². The van der Waals surface area contributed by atoms with Crippen molar-refractivity contribution >= 4 is 11.3 Å². The first-order valence-corrected chi connectivity index (χ1v) is 8.45. The van der Waals surface area contributed by atoms with Crippen LogP contribution in [0, 0.1) is 5.92 Å². The standard InChI is InChI=1S/C15H24N2OS/c1-2-14-16-13(11-19-14)10-17-8-7-15(18)6-4-3-5-12(15)9-17/h11-12,18H,2-10H2,1H3. The fourth-order valence-electron chi connectivity index (χ4n) is 3.60. The number of piperidine rings is 1. The van der Waals surface area contributed by atoms with Gasteiger partial charge in [-0.15, -0.1) is 11.3 Å². The Morgan fingerprint density at radius 3 is 3.16 bits per heavy atom. The molecule has 19 heavy (non-hydrogen) atoms. The highest BCUT2D eigenvalue weighted by Crippen LogP contribution is 2.40. The average Bonchev–Trinajstić information content (AvgIpc) is 2.87. The molecule has 0 radical (unpaired) electrons. The normalized spacial score (nSPS) is 32.2. The van der Waals surface area contributed by atoms with Gasteiger partial charge < -0.3 is 5.11 Å². The molecule has 1 saturated carbocycles. The summed E-state index contributed by atoms with van der Waals surface area (Å²) in [6.45, 7) is 5.19. The van der Waals surface area contributed by atoms with Gasteiger partial charge >= 0.3 is 0 Å². The molecule has 3 rings (SSSR count). The van der Waals surface area contributed by atoms with Gasteiger partial charge in [0.15, 0.2) is 0 Å². The lowest BCUT2D eigenvalue weighted by Gasteiger charge is -2.47. The smallest absolute Gasteiger partial charge is 0.0926 e. The maximum atomic E-state index is 10.7. The summed E-state index contributed by atoms with van der Waals surface area (Å²) in [4.78, 5) is 7.14. The summed E-state index contributed by atoms with van der Waals surface area (Å²) >= 11 is 1.77. The maximum Gasteiger partial charge on any atom is 0.0926 e. The molecule has 1 aliphatic carbocycles. The monoisotopic (exact) mass is 280 g/mol. The van der Waals surface area contributed by atoms with E-state index in [0.29, 0.717) is 5.92 Å². The number of likely N-dealkylation sites (tertiary alicyclic amines) is 1. The molecule has 2 heterocycles. The van der Waals surface area contributed by atoms with Crippen molar-refractivity contribution in [3.05, 3.63) is 16.1 Å². The molecular formula is C15H24N2OS. The van der Waals surface area contributed by atoms with Crippen LogP contribution in [0.4, 0.5) is 0 Å². The molecule has 1 N–H and O–H groups in total. The van der Waals surface area contributed by atoms with E-state index in [-0.39, 0.29) is 5.60 Å². The number of rotatable bonds is 3. The van der Waals surface area contributed by atoms with Crippen LogP contribution < -0.4 is 0 Å². The molecular weight excluding hydrogens is 256 g/mol. The number of aryl methyl sites for hydroxylation is 1. The zero-order chi connectivity index (χ0) is 13.3. The largest absolute Gasteiger partial charge is 0.390 e. The zero-order valence-corrected chi connectivity index (χ0v) is 12.6. The van der Waals surface area contributed by atoms with Gasteiger partial charge in [0.05, 0.1) is 16.3 Å². The van der Waals surface area contributed by atoms with E-state index in [1.165, 1.54) is 30.0 Å². The highest BCUT2D eigenvalue weighted by atomic mass is 32.1. The Bertz CT molecular complexity index is 434. The summed E-state index contributed by atoms with van der Waals surface area (Å²) in [5.74, 6) is 0.485. The quantitative estimate of drug-likeness (QED) is 0.925. The molecule has 0 spiro atoms. The van der Waals surface area contributed by atoms with E-state index >= 15 is 0 Å².